The number of fused-ring (bicyclic) bond motifs is 4. The van der Waals surface area contributed by atoms with Gasteiger partial charge in [0.05, 0.1) is 34.4 Å². The summed E-state index contributed by atoms with van der Waals surface area (Å²) in [5.74, 6) is -8.13. The minimum absolute atomic E-state index is 0.0143. The average molecular weight is 608 g/mol. The number of benzene rings is 1. The molecule has 1 aromatic rings. The highest BCUT2D eigenvalue weighted by Gasteiger charge is 2.63. The number of likely N-dealkylation sites (tertiary alicyclic amines) is 2. The molecule has 1 saturated carbocycles. The van der Waals surface area contributed by atoms with Gasteiger partial charge in [0.1, 0.15) is 0 Å². The van der Waals surface area contributed by atoms with E-state index in [1.54, 1.807) is 12.1 Å². The number of hydrogen-bond acceptors (Lipinski definition) is 8. The van der Waals surface area contributed by atoms with Gasteiger partial charge in [0.25, 0.3) is 0 Å². The third-order valence-corrected chi connectivity index (χ3v) is 8.54. The van der Waals surface area contributed by atoms with Crippen molar-refractivity contribution in [1.82, 2.24) is 9.80 Å². The molecule has 2 aliphatic heterocycles. The van der Waals surface area contributed by atoms with Crippen LogP contribution in [0.5, 0.6) is 11.5 Å². The standard InChI is InChI=1S/C23H21IN4O8/c1-36-13-5-7(4-12(24)17(13)29)14-8-2-3-9-15(20(32)27(18(9)30)22(25)34)10(8)6-11-16(14)21(33)28(19(11)31)23(26)35/h2,4-5,9-11,14-16,29H,3,6H2,1H3,(H2,25,34)(H2,26,35). The van der Waals surface area contributed by atoms with E-state index in [1.165, 1.54) is 13.2 Å². The van der Waals surface area contributed by atoms with Crippen LogP contribution in [0, 0.1) is 33.2 Å². The number of hydrogen-bond donors (Lipinski definition) is 3. The predicted octanol–water partition coefficient (Wildman–Crippen LogP) is 0.799. The number of methoxy groups -OCH3 is 1. The fraction of sp³-hybridized carbons (Fsp3) is 0.391. The number of urea groups is 2. The number of amides is 8. The Morgan fingerprint density at radius 3 is 2.11 bits per heavy atom. The molecule has 13 heteroatoms. The summed E-state index contributed by atoms with van der Waals surface area (Å²) in [5, 5.41) is 10.3. The van der Waals surface area contributed by atoms with Crippen LogP contribution in [0.3, 0.4) is 0 Å². The first-order chi connectivity index (χ1) is 17.0. The molecule has 6 unspecified atom stereocenters. The second-order valence-electron chi connectivity index (χ2n) is 9.28. The molecule has 8 amide bonds. The molecule has 4 aliphatic rings. The molecule has 5 rings (SSSR count). The number of rotatable bonds is 2. The van der Waals surface area contributed by atoms with Crippen molar-refractivity contribution < 1.29 is 38.6 Å². The summed E-state index contributed by atoms with van der Waals surface area (Å²) in [6, 6.07) is 0.808. The fourth-order valence-corrected chi connectivity index (χ4v) is 6.95. The van der Waals surface area contributed by atoms with Crippen LogP contribution >= 0.6 is 22.6 Å². The molecule has 2 heterocycles. The minimum Gasteiger partial charge on any atom is -0.504 e. The van der Waals surface area contributed by atoms with Crippen LogP contribution in [-0.2, 0) is 19.2 Å². The summed E-state index contributed by atoms with van der Waals surface area (Å²) in [4.78, 5) is 77.2. The lowest BCUT2D eigenvalue weighted by atomic mass is 9.57. The van der Waals surface area contributed by atoms with Gasteiger partial charge in [0, 0.05) is 5.92 Å². The molecule has 0 spiro atoms. The minimum atomic E-state index is -1.20. The lowest BCUT2D eigenvalue weighted by Gasteiger charge is -2.44. The second kappa shape index (κ2) is 8.28. The first-order valence-electron chi connectivity index (χ1n) is 11.1. The monoisotopic (exact) mass is 608 g/mol. The van der Waals surface area contributed by atoms with Crippen LogP contribution in [0.25, 0.3) is 0 Å². The van der Waals surface area contributed by atoms with Gasteiger partial charge in [-0.1, -0.05) is 11.6 Å². The summed E-state index contributed by atoms with van der Waals surface area (Å²) in [7, 11) is 1.37. The highest BCUT2D eigenvalue weighted by Crippen LogP contribution is 2.58. The number of halogens is 1. The lowest BCUT2D eigenvalue weighted by Crippen LogP contribution is -2.44. The zero-order valence-electron chi connectivity index (χ0n) is 18.8. The summed E-state index contributed by atoms with van der Waals surface area (Å²) in [6.07, 6.45) is 1.91. The number of carbonyl (C=O) groups excluding carboxylic acids is 6. The highest BCUT2D eigenvalue weighted by molar-refractivity contribution is 14.1. The number of allylic oxidation sites excluding steroid dienone is 2. The lowest BCUT2D eigenvalue weighted by molar-refractivity contribution is -0.138. The van der Waals surface area contributed by atoms with Gasteiger partial charge in [0.15, 0.2) is 11.5 Å². The van der Waals surface area contributed by atoms with E-state index in [4.69, 9.17) is 16.2 Å². The number of ether oxygens (including phenoxy) is 1. The summed E-state index contributed by atoms with van der Waals surface area (Å²) < 4.78 is 5.71. The second-order valence-corrected chi connectivity index (χ2v) is 10.4. The molecule has 2 saturated heterocycles. The molecule has 36 heavy (non-hydrogen) atoms. The van der Waals surface area contributed by atoms with E-state index >= 15 is 0 Å². The van der Waals surface area contributed by atoms with Crippen LogP contribution in [0.4, 0.5) is 9.59 Å². The van der Waals surface area contributed by atoms with Gasteiger partial charge in [0.2, 0.25) is 23.6 Å². The average Bonchev–Trinajstić information content (AvgIpc) is 3.23. The van der Waals surface area contributed by atoms with Crippen LogP contribution in [-0.4, -0.2) is 57.7 Å². The molecule has 2 aliphatic carbocycles. The fourth-order valence-electron chi connectivity index (χ4n) is 6.33. The Bertz CT molecular complexity index is 1310. The van der Waals surface area contributed by atoms with Crippen molar-refractivity contribution in [3.63, 3.8) is 0 Å². The van der Waals surface area contributed by atoms with E-state index in [0.29, 0.717) is 24.5 Å². The van der Waals surface area contributed by atoms with E-state index in [2.05, 4.69) is 0 Å². The van der Waals surface area contributed by atoms with Crippen molar-refractivity contribution >= 4 is 58.3 Å². The van der Waals surface area contributed by atoms with Crippen LogP contribution in [0.15, 0.2) is 23.8 Å². The maximum Gasteiger partial charge on any atom is 0.328 e. The van der Waals surface area contributed by atoms with Gasteiger partial charge in [-0.2, -0.15) is 9.80 Å². The third-order valence-electron chi connectivity index (χ3n) is 7.72. The largest absolute Gasteiger partial charge is 0.504 e. The summed E-state index contributed by atoms with van der Waals surface area (Å²) in [5.41, 5.74) is 11.8. The molecule has 1 aromatic carbocycles. The molecule has 6 atom stereocenters. The number of imide groups is 6. The summed E-state index contributed by atoms with van der Waals surface area (Å²) >= 11 is 1.90. The predicted molar refractivity (Wildman–Crippen MR) is 128 cm³/mol. The Labute approximate surface area is 217 Å². The maximum atomic E-state index is 13.3. The van der Waals surface area contributed by atoms with Crippen LogP contribution < -0.4 is 16.2 Å². The molecule has 12 nitrogen and oxygen atoms in total. The Balaban J connectivity index is 1.69. The Morgan fingerprint density at radius 1 is 0.944 bits per heavy atom. The molecule has 188 valence electrons. The SMILES string of the molecule is COc1cc(C2C3=CCC4C(=O)N(C(N)=O)C(=O)C4C3CC3C(=O)N(C(N)=O)C(=O)C32)cc(I)c1O. The zero-order valence-corrected chi connectivity index (χ0v) is 21.0. The third kappa shape index (κ3) is 3.17. The first-order valence-corrected chi connectivity index (χ1v) is 12.2. The van der Waals surface area contributed by atoms with Crippen molar-refractivity contribution in [2.24, 2.45) is 41.1 Å². The Hall–Kier alpha value is -3.49. The molecule has 0 aromatic heterocycles. The number of primary amides is 2. The van der Waals surface area contributed by atoms with E-state index in [0.717, 1.165) is 0 Å². The number of carbonyl (C=O) groups is 6. The van der Waals surface area contributed by atoms with Crippen molar-refractivity contribution in [1.29, 1.82) is 0 Å². The number of phenolic OH excluding ortho intramolecular Hbond substituents is 1. The molecule has 0 bridgehead atoms. The van der Waals surface area contributed by atoms with E-state index in [-0.39, 0.29) is 24.3 Å². The van der Waals surface area contributed by atoms with Crippen molar-refractivity contribution in [2.75, 3.05) is 7.11 Å². The van der Waals surface area contributed by atoms with Crippen molar-refractivity contribution in [2.45, 2.75) is 18.8 Å². The normalized spacial score (nSPS) is 31.1. The van der Waals surface area contributed by atoms with Gasteiger partial charge < -0.3 is 21.3 Å². The number of nitrogens with two attached hydrogens (primary N) is 2. The summed E-state index contributed by atoms with van der Waals surface area (Å²) in [6.45, 7) is 0. The smallest absolute Gasteiger partial charge is 0.328 e. The Morgan fingerprint density at radius 2 is 1.53 bits per heavy atom. The quantitative estimate of drug-likeness (QED) is 0.250. The van der Waals surface area contributed by atoms with Crippen molar-refractivity contribution in [3.8, 4) is 11.5 Å². The van der Waals surface area contributed by atoms with Crippen molar-refractivity contribution in [3.05, 3.63) is 32.9 Å². The number of phenols is 1. The molecule has 3 fully saturated rings. The zero-order chi connectivity index (χ0) is 26.2. The number of aromatic hydroxyl groups is 1. The van der Waals surface area contributed by atoms with Gasteiger partial charge in [-0.05, 0) is 59.0 Å². The van der Waals surface area contributed by atoms with Crippen LogP contribution in [0.2, 0.25) is 0 Å². The van der Waals surface area contributed by atoms with Gasteiger partial charge in [-0.15, -0.1) is 0 Å². The van der Waals surface area contributed by atoms with Gasteiger partial charge >= 0.3 is 12.1 Å². The molecular formula is C23H21IN4O8. The molecule has 5 N–H and O–H groups in total. The van der Waals surface area contributed by atoms with E-state index in [1.807, 2.05) is 22.6 Å². The Kier molecular flexibility index (Phi) is 5.57. The molecular weight excluding hydrogens is 587 g/mol. The number of nitrogens with zero attached hydrogens (tertiary/aromatic N) is 2. The van der Waals surface area contributed by atoms with E-state index in [9.17, 15) is 33.9 Å². The van der Waals surface area contributed by atoms with E-state index < -0.39 is 71.2 Å². The molecule has 0 radical (unpaired) electrons. The van der Waals surface area contributed by atoms with Gasteiger partial charge in [-0.25, -0.2) is 9.59 Å². The highest BCUT2D eigenvalue weighted by atomic mass is 127. The van der Waals surface area contributed by atoms with Crippen LogP contribution in [0.1, 0.15) is 24.3 Å². The van der Waals surface area contributed by atoms with Gasteiger partial charge in [-0.3, -0.25) is 19.2 Å². The first kappa shape index (κ1) is 24.2. The maximum absolute atomic E-state index is 13.3. The topological polar surface area (TPSA) is 190 Å².